The van der Waals surface area contributed by atoms with Crippen LogP contribution in [0.4, 0.5) is 0 Å². The fraction of sp³-hybridized carbons (Fsp3) is 0. The molecule has 0 aliphatic heterocycles. The van der Waals surface area contributed by atoms with Crippen molar-refractivity contribution in [2.45, 2.75) is 0 Å². The first kappa shape index (κ1) is 35.0. The van der Waals surface area contributed by atoms with Crippen molar-refractivity contribution in [1.29, 1.82) is 0 Å². The summed E-state index contributed by atoms with van der Waals surface area (Å²) in [4.78, 5) is 0. The molecule has 0 amide bonds. The zero-order valence-electron chi connectivity index (χ0n) is 34.7. The Bertz CT molecular complexity index is 3730. The maximum Gasteiger partial charge on any atom is 0.0804 e. The minimum absolute atomic E-state index is 1.09. The van der Waals surface area contributed by atoms with Crippen molar-refractivity contribution in [3.8, 4) is 33.9 Å². The van der Waals surface area contributed by atoms with E-state index in [4.69, 9.17) is 0 Å². The molecule has 10 aromatic carbocycles. The Morgan fingerprint density at radius 2 is 0.422 bits per heavy atom. The topological polar surface area (TPSA) is 19.7 Å². The van der Waals surface area contributed by atoms with Crippen molar-refractivity contribution in [2.75, 3.05) is 0 Å². The summed E-state index contributed by atoms with van der Waals surface area (Å²) in [6, 6.07) is 84.9. The van der Waals surface area contributed by atoms with Crippen molar-refractivity contribution in [3.05, 3.63) is 231 Å². The van der Waals surface area contributed by atoms with Crippen LogP contribution in [0.5, 0.6) is 0 Å². The van der Waals surface area contributed by atoms with Crippen LogP contribution < -0.4 is 0 Å². The number of fused-ring (bicyclic) bond motifs is 12. The van der Waals surface area contributed by atoms with E-state index in [2.05, 4.69) is 249 Å². The molecule has 14 aromatic rings. The van der Waals surface area contributed by atoms with Crippen LogP contribution in [-0.4, -0.2) is 18.3 Å². The van der Waals surface area contributed by atoms with E-state index in [9.17, 15) is 0 Å². The van der Waals surface area contributed by atoms with Crippen molar-refractivity contribution < 1.29 is 0 Å². The molecule has 4 aromatic heterocycles. The Morgan fingerprint density at radius 1 is 0.203 bits per heavy atom. The molecule has 0 atom stereocenters. The number of para-hydroxylation sites is 8. The first-order chi connectivity index (χ1) is 31.8. The van der Waals surface area contributed by atoms with Gasteiger partial charge in [-0.3, -0.25) is 0 Å². The van der Waals surface area contributed by atoms with Gasteiger partial charge in [0.2, 0.25) is 0 Å². The molecular formula is C60H38N4. The largest absolute Gasteiger partial charge is 0.307 e. The average molecular weight is 815 g/mol. The van der Waals surface area contributed by atoms with Crippen LogP contribution in [-0.2, 0) is 0 Å². The summed E-state index contributed by atoms with van der Waals surface area (Å²) in [7, 11) is 0. The third kappa shape index (κ3) is 4.77. The van der Waals surface area contributed by atoms with Crippen molar-refractivity contribution >= 4 is 87.2 Å². The maximum atomic E-state index is 2.55. The van der Waals surface area contributed by atoms with Gasteiger partial charge in [0.15, 0.2) is 0 Å². The first-order valence-electron chi connectivity index (χ1n) is 22.0. The van der Waals surface area contributed by atoms with E-state index in [1.165, 1.54) is 43.1 Å². The molecule has 0 saturated carbocycles. The lowest BCUT2D eigenvalue weighted by atomic mass is 9.96. The fourth-order valence-electron chi connectivity index (χ4n) is 11.0. The predicted octanol–water partition coefficient (Wildman–Crippen LogP) is 15.7. The summed E-state index contributed by atoms with van der Waals surface area (Å²) in [5.74, 6) is 0. The maximum absolute atomic E-state index is 2.55. The summed E-state index contributed by atoms with van der Waals surface area (Å²) in [6.45, 7) is 0. The lowest BCUT2D eigenvalue weighted by Crippen LogP contribution is -2.13. The Balaban J connectivity index is 1.33. The number of aromatic nitrogens is 4. The highest BCUT2D eigenvalue weighted by atomic mass is 15.1. The standard InChI is InChI=1S/C60H38N4/c1-2-20-39(21-3-1)58-59(63-52-34-16-8-26-44(52)45-27-9-17-35-53(45)63)56(61-48-30-12-4-22-40(48)41-23-5-13-31-49(41)61)38-57(62-50-32-14-6-24-42(50)43-25-7-15-33-51(43)62)60(58)64-54-36-18-10-28-46(54)47-29-11-19-37-55(47)64/h1-38H. The van der Waals surface area contributed by atoms with Crippen molar-refractivity contribution in [3.63, 3.8) is 0 Å². The number of benzene rings is 10. The minimum atomic E-state index is 1.09. The Hall–Kier alpha value is -8.60. The molecule has 4 heterocycles. The minimum Gasteiger partial charge on any atom is -0.307 e. The van der Waals surface area contributed by atoms with Gasteiger partial charge in [0.25, 0.3) is 0 Å². The molecule has 64 heavy (non-hydrogen) atoms. The van der Waals surface area contributed by atoms with Gasteiger partial charge in [0.1, 0.15) is 0 Å². The molecule has 298 valence electrons. The molecule has 0 bridgehead atoms. The monoisotopic (exact) mass is 814 g/mol. The lowest BCUT2D eigenvalue weighted by Gasteiger charge is -2.28. The summed E-state index contributed by atoms with van der Waals surface area (Å²) < 4.78 is 10.2. The molecular weight excluding hydrogens is 777 g/mol. The van der Waals surface area contributed by atoms with Gasteiger partial charge in [-0.05, 0) is 60.2 Å². The molecule has 0 unspecified atom stereocenters. The van der Waals surface area contributed by atoms with Crippen LogP contribution in [0, 0.1) is 0 Å². The second-order valence-electron chi connectivity index (χ2n) is 16.8. The third-order valence-corrected chi connectivity index (χ3v) is 13.5. The summed E-state index contributed by atoms with van der Waals surface area (Å²) in [5.41, 5.74) is 15.9. The van der Waals surface area contributed by atoms with E-state index in [0.717, 1.165) is 78.0 Å². The molecule has 14 rings (SSSR count). The third-order valence-electron chi connectivity index (χ3n) is 13.5. The number of hydrogen-bond acceptors (Lipinski definition) is 0. The van der Waals surface area contributed by atoms with Gasteiger partial charge in [-0.1, -0.05) is 176 Å². The quantitative estimate of drug-likeness (QED) is 0.165. The van der Waals surface area contributed by atoms with Gasteiger partial charge < -0.3 is 18.3 Å². The Labute approximate surface area is 368 Å². The second-order valence-corrected chi connectivity index (χ2v) is 16.8. The summed E-state index contributed by atoms with van der Waals surface area (Å²) in [5, 5.41) is 9.75. The van der Waals surface area contributed by atoms with Gasteiger partial charge in [-0.2, -0.15) is 0 Å². The Kier molecular flexibility index (Phi) is 7.36. The van der Waals surface area contributed by atoms with Gasteiger partial charge >= 0.3 is 0 Å². The molecule has 0 saturated heterocycles. The van der Waals surface area contributed by atoms with E-state index in [0.29, 0.717) is 0 Å². The van der Waals surface area contributed by atoms with Crippen LogP contribution in [0.25, 0.3) is 121 Å². The van der Waals surface area contributed by atoms with Crippen LogP contribution in [0.3, 0.4) is 0 Å². The van der Waals surface area contributed by atoms with E-state index < -0.39 is 0 Å². The highest BCUT2D eigenvalue weighted by Crippen LogP contribution is 2.49. The van der Waals surface area contributed by atoms with Crippen molar-refractivity contribution in [1.82, 2.24) is 18.3 Å². The number of rotatable bonds is 5. The van der Waals surface area contributed by atoms with Gasteiger partial charge in [0.05, 0.1) is 66.9 Å². The predicted molar refractivity (Wildman–Crippen MR) is 269 cm³/mol. The highest BCUT2D eigenvalue weighted by molar-refractivity contribution is 6.16. The molecule has 0 N–H and O–H groups in total. The normalized spacial score (nSPS) is 12.1. The number of nitrogens with zero attached hydrogens (tertiary/aromatic N) is 4. The first-order valence-corrected chi connectivity index (χ1v) is 22.0. The second kappa shape index (κ2) is 13.4. The van der Waals surface area contributed by atoms with Gasteiger partial charge in [0, 0.05) is 48.7 Å². The van der Waals surface area contributed by atoms with Gasteiger partial charge in [-0.15, -0.1) is 0 Å². The highest BCUT2D eigenvalue weighted by Gasteiger charge is 2.31. The van der Waals surface area contributed by atoms with Crippen LogP contribution in [0.1, 0.15) is 0 Å². The molecule has 4 nitrogen and oxygen atoms in total. The zero-order valence-corrected chi connectivity index (χ0v) is 34.7. The molecule has 4 heteroatoms. The van der Waals surface area contributed by atoms with Crippen LogP contribution in [0.15, 0.2) is 231 Å². The van der Waals surface area contributed by atoms with E-state index >= 15 is 0 Å². The molecule has 0 spiro atoms. The molecule has 0 radical (unpaired) electrons. The van der Waals surface area contributed by atoms with Crippen LogP contribution >= 0.6 is 0 Å². The molecule has 0 fully saturated rings. The molecule has 0 aliphatic rings. The number of hydrogen-bond donors (Lipinski definition) is 0. The zero-order chi connectivity index (χ0) is 41.9. The van der Waals surface area contributed by atoms with E-state index in [1.54, 1.807) is 0 Å². The lowest BCUT2D eigenvalue weighted by molar-refractivity contribution is 1.05. The van der Waals surface area contributed by atoms with Crippen LogP contribution in [0.2, 0.25) is 0 Å². The Morgan fingerprint density at radius 3 is 0.688 bits per heavy atom. The summed E-state index contributed by atoms with van der Waals surface area (Å²) >= 11 is 0. The van der Waals surface area contributed by atoms with Gasteiger partial charge in [-0.25, -0.2) is 0 Å². The fourth-order valence-corrected chi connectivity index (χ4v) is 11.0. The van der Waals surface area contributed by atoms with E-state index in [1.807, 2.05) is 0 Å². The van der Waals surface area contributed by atoms with Crippen molar-refractivity contribution in [2.24, 2.45) is 0 Å². The van der Waals surface area contributed by atoms with E-state index in [-0.39, 0.29) is 0 Å². The SMILES string of the molecule is c1ccc(-c2c(-n3c4ccccc4c4ccccc43)c(-n3c4ccccc4c4ccccc43)cc(-n3c4ccccc4c4ccccc43)c2-n2c3ccccc3c3ccccc32)cc1. The average Bonchev–Trinajstić information content (AvgIpc) is 4.09. The summed E-state index contributed by atoms with van der Waals surface area (Å²) in [6.07, 6.45) is 0. The molecule has 0 aliphatic carbocycles. The smallest absolute Gasteiger partial charge is 0.0804 e.